The first-order chi connectivity index (χ1) is 16.4. The van der Waals surface area contributed by atoms with Crippen molar-refractivity contribution < 1.29 is 18.0 Å². The fourth-order valence-corrected chi connectivity index (χ4v) is 6.09. The largest absolute Gasteiger partial charge is 0.345 e. The first-order valence-corrected chi connectivity index (χ1v) is 12.9. The number of thiophene rings is 1. The standard InChI is InChI=1S/C23H21N5O4S2/c29-22(19-4-2-14-33-19)26-17-7-5-16(6-8-17)23(30)27-10-12-28(13-11-27)34(31,32)20-15-25-21-18(20)3-1-9-24-21/h1-9,14-15H,10-13H2,(H,24,25)(H,26,29). The van der Waals surface area contributed by atoms with Gasteiger partial charge in [-0.25, -0.2) is 13.4 Å². The lowest BCUT2D eigenvalue weighted by Crippen LogP contribution is -2.50. The van der Waals surface area contributed by atoms with E-state index in [2.05, 4.69) is 15.3 Å². The minimum absolute atomic E-state index is 0.176. The van der Waals surface area contributed by atoms with Gasteiger partial charge in [-0.1, -0.05) is 6.07 Å². The summed E-state index contributed by atoms with van der Waals surface area (Å²) in [6.45, 7) is 0.983. The number of H-pyrrole nitrogens is 1. The molecule has 0 bridgehead atoms. The molecule has 0 radical (unpaired) electrons. The number of hydrogen-bond acceptors (Lipinski definition) is 6. The second-order valence-electron chi connectivity index (χ2n) is 7.76. The van der Waals surface area contributed by atoms with Crippen molar-refractivity contribution in [2.24, 2.45) is 0 Å². The van der Waals surface area contributed by atoms with Gasteiger partial charge in [-0.15, -0.1) is 11.3 Å². The highest BCUT2D eigenvalue weighted by atomic mass is 32.2. The number of fused-ring (bicyclic) bond motifs is 1. The third-order valence-electron chi connectivity index (χ3n) is 5.69. The van der Waals surface area contributed by atoms with E-state index in [1.54, 1.807) is 53.6 Å². The Morgan fingerprint density at radius 2 is 1.76 bits per heavy atom. The topological polar surface area (TPSA) is 115 Å². The van der Waals surface area contributed by atoms with Crippen LogP contribution in [0.4, 0.5) is 5.69 Å². The molecule has 4 aromatic rings. The van der Waals surface area contributed by atoms with Crippen molar-refractivity contribution in [1.29, 1.82) is 0 Å². The number of aromatic nitrogens is 2. The van der Waals surface area contributed by atoms with Crippen molar-refractivity contribution in [3.63, 3.8) is 0 Å². The van der Waals surface area contributed by atoms with Crippen LogP contribution in [0.15, 0.2) is 71.2 Å². The van der Waals surface area contributed by atoms with Crippen LogP contribution in [0.5, 0.6) is 0 Å². The number of nitrogens with one attached hydrogen (secondary N) is 2. The number of carbonyl (C=O) groups is 2. The van der Waals surface area contributed by atoms with Gasteiger partial charge in [0.15, 0.2) is 0 Å². The van der Waals surface area contributed by atoms with Gasteiger partial charge in [0.25, 0.3) is 11.8 Å². The van der Waals surface area contributed by atoms with Crippen LogP contribution < -0.4 is 5.32 Å². The van der Waals surface area contributed by atoms with Gasteiger partial charge in [0, 0.05) is 55.2 Å². The molecule has 11 heteroatoms. The Labute approximate surface area is 200 Å². The van der Waals surface area contributed by atoms with Gasteiger partial charge in [0.2, 0.25) is 10.0 Å². The Kier molecular flexibility index (Phi) is 5.90. The maximum atomic E-state index is 13.2. The number of pyridine rings is 1. The third kappa shape index (κ3) is 4.20. The molecule has 5 rings (SSSR count). The fourth-order valence-electron chi connectivity index (χ4n) is 3.89. The van der Waals surface area contributed by atoms with E-state index in [0.29, 0.717) is 27.2 Å². The number of carbonyl (C=O) groups excluding carboxylic acids is 2. The number of nitrogens with zero attached hydrogens (tertiary/aromatic N) is 3. The summed E-state index contributed by atoms with van der Waals surface area (Å²) in [7, 11) is -3.71. The normalized spacial score (nSPS) is 14.9. The van der Waals surface area contributed by atoms with E-state index in [1.807, 2.05) is 11.4 Å². The number of hydrogen-bond donors (Lipinski definition) is 2. The van der Waals surface area contributed by atoms with Gasteiger partial charge in [0.05, 0.1) is 4.88 Å². The monoisotopic (exact) mass is 495 g/mol. The molecule has 1 aromatic carbocycles. The molecule has 2 N–H and O–H groups in total. The molecule has 0 atom stereocenters. The number of anilines is 1. The fraction of sp³-hybridized carbons (Fsp3) is 0.174. The van der Waals surface area contributed by atoms with E-state index in [9.17, 15) is 18.0 Å². The minimum atomic E-state index is -3.71. The molecule has 4 heterocycles. The SMILES string of the molecule is O=C(Nc1ccc(C(=O)N2CCN(S(=O)(=O)c3c[nH]c4ncccc34)CC2)cc1)c1cccs1. The molecule has 174 valence electrons. The van der Waals surface area contributed by atoms with Crippen LogP contribution in [0.25, 0.3) is 11.0 Å². The van der Waals surface area contributed by atoms with Gasteiger partial charge in [0.1, 0.15) is 10.5 Å². The third-order valence-corrected chi connectivity index (χ3v) is 8.50. The van der Waals surface area contributed by atoms with Gasteiger partial charge < -0.3 is 15.2 Å². The Balaban J connectivity index is 1.22. The molecule has 1 aliphatic rings. The van der Waals surface area contributed by atoms with Gasteiger partial charge in [-0.05, 0) is 47.8 Å². The molecule has 0 aliphatic carbocycles. The van der Waals surface area contributed by atoms with Gasteiger partial charge in [-0.3, -0.25) is 9.59 Å². The number of amides is 2. The molecule has 3 aromatic heterocycles. The van der Waals surface area contributed by atoms with Crippen LogP contribution in [-0.4, -0.2) is 65.6 Å². The molecule has 1 aliphatic heterocycles. The summed E-state index contributed by atoms with van der Waals surface area (Å²) in [4.78, 5) is 34.6. The van der Waals surface area contributed by atoms with Crippen molar-refractivity contribution in [3.05, 3.63) is 76.7 Å². The predicted molar refractivity (Wildman–Crippen MR) is 129 cm³/mol. The Morgan fingerprint density at radius 1 is 1.00 bits per heavy atom. The van der Waals surface area contributed by atoms with Crippen LogP contribution in [0.3, 0.4) is 0 Å². The van der Waals surface area contributed by atoms with Crippen LogP contribution in [0.1, 0.15) is 20.0 Å². The van der Waals surface area contributed by atoms with Crippen molar-refractivity contribution in [2.75, 3.05) is 31.5 Å². The minimum Gasteiger partial charge on any atom is -0.345 e. The van der Waals surface area contributed by atoms with Crippen LogP contribution >= 0.6 is 11.3 Å². The molecule has 2 amide bonds. The number of piperazine rings is 1. The van der Waals surface area contributed by atoms with Crippen molar-refractivity contribution >= 4 is 49.9 Å². The summed E-state index contributed by atoms with van der Waals surface area (Å²) in [6.07, 6.45) is 3.06. The average Bonchev–Trinajstić information content (AvgIpc) is 3.55. The Morgan fingerprint density at radius 3 is 2.47 bits per heavy atom. The molecular formula is C23H21N5O4S2. The number of sulfonamides is 1. The molecule has 0 unspecified atom stereocenters. The Hall–Kier alpha value is -3.54. The van der Waals surface area contributed by atoms with E-state index < -0.39 is 10.0 Å². The summed E-state index contributed by atoms with van der Waals surface area (Å²) in [6, 6.07) is 13.7. The smallest absolute Gasteiger partial charge is 0.265 e. The lowest BCUT2D eigenvalue weighted by molar-refractivity contribution is 0.0698. The Bertz CT molecular complexity index is 1440. The highest BCUT2D eigenvalue weighted by molar-refractivity contribution is 7.89. The molecule has 34 heavy (non-hydrogen) atoms. The zero-order chi connectivity index (χ0) is 23.7. The molecule has 0 spiro atoms. The van der Waals surface area contributed by atoms with Crippen molar-refractivity contribution in [3.8, 4) is 0 Å². The van der Waals surface area contributed by atoms with Crippen molar-refractivity contribution in [2.45, 2.75) is 4.90 Å². The summed E-state index contributed by atoms with van der Waals surface area (Å²) in [5.41, 5.74) is 1.59. The number of benzene rings is 1. The molecular weight excluding hydrogens is 474 g/mol. The zero-order valence-electron chi connectivity index (χ0n) is 18.0. The highest BCUT2D eigenvalue weighted by Crippen LogP contribution is 2.25. The molecule has 1 saturated heterocycles. The summed E-state index contributed by atoms with van der Waals surface area (Å²) in [5, 5.41) is 5.19. The van der Waals surface area contributed by atoms with E-state index in [1.165, 1.54) is 21.8 Å². The first kappa shape index (κ1) is 22.3. The predicted octanol–water partition coefficient (Wildman–Crippen LogP) is 3.02. The van der Waals surface area contributed by atoms with E-state index in [4.69, 9.17) is 0 Å². The summed E-state index contributed by atoms with van der Waals surface area (Å²) >= 11 is 1.35. The maximum Gasteiger partial charge on any atom is 0.265 e. The second-order valence-corrected chi connectivity index (χ2v) is 10.6. The van der Waals surface area contributed by atoms with Crippen LogP contribution in [0.2, 0.25) is 0 Å². The van der Waals surface area contributed by atoms with Gasteiger partial charge in [-0.2, -0.15) is 4.31 Å². The number of aromatic amines is 1. The first-order valence-electron chi connectivity index (χ1n) is 10.6. The average molecular weight is 496 g/mol. The lowest BCUT2D eigenvalue weighted by Gasteiger charge is -2.34. The number of rotatable bonds is 5. The lowest BCUT2D eigenvalue weighted by atomic mass is 10.1. The quantitative estimate of drug-likeness (QED) is 0.442. The van der Waals surface area contributed by atoms with E-state index in [0.717, 1.165) is 0 Å². The molecule has 0 saturated carbocycles. The van der Waals surface area contributed by atoms with E-state index >= 15 is 0 Å². The zero-order valence-corrected chi connectivity index (χ0v) is 19.6. The second kappa shape index (κ2) is 9.01. The van der Waals surface area contributed by atoms with Crippen molar-refractivity contribution in [1.82, 2.24) is 19.2 Å². The highest BCUT2D eigenvalue weighted by Gasteiger charge is 2.32. The van der Waals surface area contributed by atoms with Gasteiger partial charge >= 0.3 is 0 Å². The van der Waals surface area contributed by atoms with Crippen LogP contribution in [0, 0.1) is 0 Å². The molecule has 1 fully saturated rings. The van der Waals surface area contributed by atoms with E-state index in [-0.39, 0.29) is 42.9 Å². The summed E-state index contributed by atoms with van der Waals surface area (Å²) < 4.78 is 27.7. The van der Waals surface area contributed by atoms with Crippen LogP contribution in [-0.2, 0) is 10.0 Å². The molecule has 9 nitrogen and oxygen atoms in total. The maximum absolute atomic E-state index is 13.2. The summed E-state index contributed by atoms with van der Waals surface area (Å²) in [5.74, 6) is -0.373.